The van der Waals surface area contributed by atoms with Gasteiger partial charge in [-0.2, -0.15) is 0 Å². The number of esters is 1. The van der Waals surface area contributed by atoms with Crippen LogP contribution in [0.1, 0.15) is 5.56 Å². The number of hydrogen-bond donors (Lipinski definition) is 2. The van der Waals surface area contributed by atoms with E-state index in [4.69, 9.17) is 9.47 Å². The van der Waals surface area contributed by atoms with Gasteiger partial charge in [0.15, 0.2) is 0 Å². The Bertz CT molecular complexity index is 502. The number of nitrogens with one attached hydrogen (secondary N) is 2. The molecule has 0 aromatic heterocycles. The summed E-state index contributed by atoms with van der Waals surface area (Å²) in [5, 5.41) is 5.72. The lowest BCUT2D eigenvalue weighted by Gasteiger charge is -2.41. The quantitative estimate of drug-likeness (QED) is 0.711. The molecule has 2 N–H and O–H groups in total. The van der Waals surface area contributed by atoms with Crippen molar-refractivity contribution >= 4 is 12.1 Å². The smallest absolute Gasteiger partial charge is 0.408 e. The van der Waals surface area contributed by atoms with Gasteiger partial charge in [-0.25, -0.2) is 4.79 Å². The molecular formula is C15H20N2O5. The van der Waals surface area contributed by atoms with Crippen LogP contribution < -0.4 is 10.6 Å². The summed E-state index contributed by atoms with van der Waals surface area (Å²) < 4.78 is 14.9. The van der Waals surface area contributed by atoms with Gasteiger partial charge >= 0.3 is 12.1 Å². The maximum absolute atomic E-state index is 11.9. The molecule has 1 amide bonds. The molecule has 1 aliphatic rings. The van der Waals surface area contributed by atoms with E-state index in [0.717, 1.165) is 5.56 Å². The Morgan fingerprint density at radius 1 is 1.27 bits per heavy atom. The molecule has 1 saturated heterocycles. The van der Waals surface area contributed by atoms with Crippen molar-refractivity contribution in [3.8, 4) is 0 Å². The lowest BCUT2D eigenvalue weighted by Crippen LogP contribution is -2.67. The number of hydrogen-bond acceptors (Lipinski definition) is 6. The maximum atomic E-state index is 11.9. The Morgan fingerprint density at radius 3 is 2.59 bits per heavy atom. The standard InChI is InChI=1S/C15H20N2O5/c1-20-13(18)7-16-9-15(10-21-11-15)17-14(19)22-8-12-5-3-2-4-6-12/h2-6,16H,7-11H2,1H3,(H,17,19). The fraction of sp³-hybridized carbons (Fsp3) is 0.467. The number of carbonyl (C=O) groups excluding carboxylic acids is 2. The second-order valence-electron chi connectivity index (χ2n) is 5.14. The summed E-state index contributed by atoms with van der Waals surface area (Å²) in [6.07, 6.45) is -0.507. The summed E-state index contributed by atoms with van der Waals surface area (Å²) in [6.45, 7) is 1.45. The van der Waals surface area contributed by atoms with Gasteiger partial charge in [-0.3, -0.25) is 4.79 Å². The Labute approximate surface area is 128 Å². The lowest BCUT2D eigenvalue weighted by molar-refractivity contribution is -0.139. The van der Waals surface area contributed by atoms with Crippen molar-refractivity contribution in [3.63, 3.8) is 0 Å². The molecule has 0 atom stereocenters. The summed E-state index contributed by atoms with van der Waals surface area (Å²) in [7, 11) is 1.32. The van der Waals surface area contributed by atoms with Gasteiger partial charge in [0, 0.05) is 6.54 Å². The van der Waals surface area contributed by atoms with Crippen LogP contribution in [0.25, 0.3) is 0 Å². The number of ether oxygens (including phenoxy) is 3. The Morgan fingerprint density at radius 2 is 2.00 bits per heavy atom. The van der Waals surface area contributed by atoms with Crippen LogP contribution in [-0.4, -0.2) is 51.0 Å². The molecule has 0 bridgehead atoms. The van der Waals surface area contributed by atoms with Crippen LogP contribution in [0.3, 0.4) is 0 Å². The van der Waals surface area contributed by atoms with Gasteiger partial charge in [0.05, 0.1) is 26.9 Å². The van der Waals surface area contributed by atoms with Gasteiger partial charge in [-0.15, -0.1) is 0 Å². The highest BCUT2D eigenvalue weighted by Crippen LogP contribution is 2.16. The third-order valence-corrected chi connectivity index (χ3v) is 3.30. The summed E-state index contributed by atoms with van der Waals surface area (Å²) in [5.74, 6) is -0.359. The molecule has 7 heteroatoms. The van der Waals surface area contributed by atoms with Crippen LogP contribution in [0.2, 0.25) is 0 Å². The molecule has 120 valence electrons. The highest BCUT2D eigenvalue weighted by molar-refractivity contribution is 5.71. The molecule has 1 aromatic carbocycles. The van der Waals surface area contributed by atoms with Gasteiger partial charge < -0.3 is 24.8 Å². The SMILES string of the molecule is COC(=O)CNCC1(NC(=O)OCc2ccccc2)COC1. The fourth-order valence-corrected chi connectivity index (χ4v) is 2.02. The predicted molar refractivity (Wildman–Crippen MR) is 78.2 cm³/mol. The fourth-order valence-electron chi connectivity index (χ4n) is 2.02. The van der Waals surface area contributed by atoms with Crippen LogP contribution in [0.4, 0.5) is 4.79 Å². The third-order valence-electron chi connectivity index (χ3n) is 3.30. The number of alkyl carbamates (subject to hydrolysis) is 1. The van der Waals surface area contributed by atoms with E-state index in [9.17, 15) is 9.59 Å². The Kier molecular flexibility index (Phi) is 5.74. The Balaban J connectivity index is 1.74. The first-order chi connectivity index (χ1) is 10.6. The highest BCUT2D eigenvalue weighted by atomic mass is 16.6. The number of carbonyl (C=O) groups is 2. The molecule has 1 aromatic rings. The van der Waals surface area contributed by atoms with Gasteiger partial charge in [-0.05, 0) is 5.56 Å². The second-order valence-corrected chi connectivity index (χ2v) is 5.14. The largest absolute Gasteiger partial charge is 0.468 e. The zero-order valence-electron chi connectivity index (χ0n) is 12.5. The minimum absolute atomic E-state index is 0.0823. The Hall–Kier alpha value is -2.12. The molecular weight excluding hydrogens is 288 g/mol. The molecule has 7 nitrogen and oxygen atoms in total. The molecule has 0 saturated carbocycles. The maximum Gasteiger partial charge on any atom is 0.408 e. The second kappa shape index (κ2) is 7.77. The van der Waals surface area contributed by atoms with Crippen molar-refractivity contribution in [1.29, 1.82) is 0 Å². The van der Waals surface area contributed by atoms with Gasteiger partial charge in [0.25, 0.3) is 0 Å². The average molecular weight is 308 g/mol. The van der Waals surface area contributed by atoms with Crippen LogP contribution in [0.15, 0.2) is 30.3 Å². The van der Waals surface area contributed by atoms with E-state index in [1.54, 1.807) is 0 Å². The van der Waals surface area contributed by atoms with E-state index in [0.29, 0.717) is 19.8 Å². The molecule has 2 rings (SSSR count). The van der Waals surface area contributed by atoms with Gasteiger partial charge in [0.2, 0.25) is 0 Å². The van der Waals surface area contributed by atoms with Crippen LogP contribution in [0.5, 0.6) is 0 Å². The van der Waals surface area contributed by atoms with Gasteiger partial charge in [0.1, 0.15) is 12.1 Å². The highest BCUT2D eigenvalue weighted by Gasteiger charge is 2.40. The van der Waals surface area contributed by atoms with E-state index in [1.165, 1.54) is 7.11 Å². The average Bonchev–Trinajstić information content (AvgIpc) is 2.51. The first-order valence-corrected chi connectivity index (χ1v) is 6.98. The van der Waals surface area contributed by atoms with E-state index >= 15 is 0 Å². The summed E-state index contributed by atoms with van der Waals surface area (Å²) in [6, 6.07) is 9.43. The normalized spacial score (nSPS) is 15.5. The van der Waals surface area contributed by atoms with Crippen molar-refractivity contribution in [2.24, 2.45) is 0 Å². The minimum atomic E-state index is -0.540. The summed E-state index contributed by atoms with van der Waals surface area (Å²) >= 11 is 0. The lowest BCUT2D eigenvalue weighted by atomic mass is 9.98. The van der Waals surface area contributed by atoms with Crippen molar-refractivity contribution in [3.05, 3.63) is 35.9 Å². The summed E-state index contributed by atoms with van der Waals surface area (Å²) in [4.78, 5) is 22.9. The summed E-state index contributed by atoms with van der Waals surface area (Å²) in [5.41, 5.74) is 0.377. The van der Waals surface area contributed by atoms with E-state index in [1.807, 2.05) is 30.3 Å². The number of rotatable bonds is 7. The minimum Gasteiger partial charge on any atom is -0.468 e. The topological polar surface area (TPSA) is 85.9 Å². The first-order valence-electron chi connectivity index (χ1n) is 6.98. The van der Waals surface area contributed by atoms with Crippen molar-refractivity contribution < 1.29 is 23.8 Å². The molecule has 0 aliphatic carbocycles. The molecule has 1 fully saturated rings. The van der Waals surface area contributed by atoms with Crippen LogP contribution in [-0.2, 0) is 25.6 Å². The molecule has 0 radical (unpaired) electrons. The predicted octanol–water partition coefficient (Wildman–Crippen LogP) is 0.444. The first kappa shape index (κ1) is 16.3. The number of amides is 1. The van der Waals surface area contributed by atoms with Crippen molar-refractivity contribution in [2.75, 3.05) is 33.4 Å². The number of methoxy groups -OCH3 is 1. The number of benzene rings is 1. The molecule has 0 spiro atoms. The molecule has 1 heterocycles. The van der Waals surface area contributed by atoms with Crippen LogP contribution >= 0.6 is 0 Å². The van der Waals surface area contributed by atoms with Crippen molar-refractivity contribution in [1.82, 2.24) is 10.6 Å². The zero-order valence-corrected chi connectivity index (χ0v) is 12.5. The third kappa shape index (κ3) is 4.71. The van der Waals surface area contributed by atoms with Crippen LogP contribution in [0, 0.1) is 0 Å². The molecule has 0 unspecified atom stereocenters. The van der Waals surface area contributed by atoms with E-state index in [-0.39, 0.29) is 19.1 Å². The monoisotopic (exact) mass is 308 g/mol. The van der Waals surface area contributed by atoms with Crippen molar-refractivity contribution in [2.45, 2.75) is 12.1 Å². The molecule has 1 aliphatic heterocycles. The van der Waals surface area contributed by atoms with Gasteiger partial charge in [-0.1, -0.05) is 30.3 Å². The van der Waals surface area contributed by atoms with E-state index < -0.39 is 11.6 Å². The van der Waals surface area contributed by atoms with E-state index in [2.05, 4.69) is 15.4 Å². The molecule has 22 heavy (non-hydrogen) atoms. The zero-order chi connectivity index (χ0) is 15.8.